The number of ether oxygens (including phenoxy) is 2. The molecule has 0 amide bonds. The van der Waals surface area contributed by atoms with E-state index in [0.29, 0.717) is 12.8 Å². The van der Waals surface area contributed by atoms with Crippen molar-refractivity contribution in [1.82, 2.24) is 4.90 Å². The number of carbonyl (C=O) groups is 2. The third kappa shape index (κ3) is 34.0. The van der Waals surface area contributed by atoms with Crippen molar-refractivity contribution in [3.05, 3.63) is 0 Å². The van der Waals surface area contributed by atoms with E-state index in [-0.39, 0.29) is 30.8 Å². The molecule has 1 N–H and O–H groups in total. The molecule has 0 fully saturated rings. The van der Waals surface area contributed by atoms with Gasteiger partial charge in [0.05, 0.1) is 6.61 Å². The summed E-state index contributed by atoms with van der Waals surface area (Å²) in [4.78, 5) is 27.4. The van der Waals surface area contributed by atoms with E-state index in [1.54, 1.807) is 0 Å². The van der Waals surface area contributed by atoms with Gasteiger partial charge < -0.3 is 19.5 Å². The van der Waals surface area contributed by atoms with Crippen LogP contribution in [0.25, 0.3) is 0 Å². The molecule has 0 aliphatic heterocycles. The number of nitrogens with zero attached hydrogens (tertiary/aromatic N) is 1. The molecule has 0 saturated heterocycles. The molecule has 0 aromatic carbocycles. The van der Waals surface area contributed by atoms with Crippen LogP contribution >= 0.6 is 0 Å². The molecule has 0 bridgehead atoms. The van der Waals surface area contributed by atoms with Crippen molar-refractivity contribution in [2.75, 3.05) is 26.2 Å². The summed E-state index contributed by atoms with van der Waals surface area (Å²) in [6, 6.07) is 0. The Balaban J connectivity index is 4.09. The fourth-order valence-electron chi connectivity index (χ4n) is 6.93. The van der Waals surface area contributed by atoms with E-state index in [1.807, 2.05) is 0 Å². The van der Waals surface area contributed by atoms with Crippen LogP contribution in [0.5, 0.6) is 0 Å². The van der Waals surface area contributed by atoms with Gasteiger partial charge in [-0.25, -0.2) is 0 Å². The molecule has 0 radical (unpaired) electrons. The average molecular weight is 710 g/mol. The summed E-state index contributed by atoms with van der Waals surface area (Å²) >= 11 is 0. The van der Waals surface area contributed by atoms with E-state index in [2.05, 4.69) is 32.6 Å². The molecule has 0 aromatic heterocycles. The summed E-state index contributed by atoms with van der Waals surface area (Å²) in [5, 5.41) is 9.56. The molecular weight excluding hydrogens is 622 g/mol. The fourth-order valence-corrected chi connectivity index (χ4v) is 6.93. The zero-order valence-corrected chi connectivity index (χ0v) is 34.1. The number of aliphatic hydroxyl groups is 1. The molecule has 6 nitrogen and oxygen atoms in total. The molecule has 0 aliphatic carbocycles. The van der Waals surface area contributed by atoms with E-state index in [4.69, 9.17) is 9.47 Å². The second-order valence-corrected chi connectivity index (χ2v) is 15.2. The number of hydrogen-bond acceptors (Lipinski definition) is 6. The van der Waals surface area contributed by atoms with Crippen LogP contribution in [0, 0.1) is 0 Å². The first kappa shape index (κ1) is 48.9. The van der Waals surface area contributed by atoms with Crippen molar-refractivity contribution >= 4 is 11.9 Å². The van der Waals surface area contributed by atoms with Gasteiger partial charge in [-0.1, -0.05) is 156 Å². The van der Waals surface area contributed by atoms with Gasteiger partial charge in [-0.2, -0.15) is 0 Å². The third-order valence-electron chi connectivity index (χ3n) is 10.2. The van der Waals surface area contributed by atoms with E-state index >= 15 is 0 Å². The van der Waals surface area contributed by atoms with Crippen LogP contribution in [0.4, 0.5) is 0 Å². The number of unbranched alkanes of at least 4 members (excludes halogenated alkanes) is 20. The molecule has 50 heavy (non-hydrogen) atoms. The number of hydrogen-bond donors (Lipinski definition) is 1. The maximum Gasteiger partial charge on any atom is 0.306 e. The van der Waals surface area contributed by atoms with Crippen molar-refractivity contribution in [3.8, 4) is 0 Å². The number of aliphatic hydroxyl groups excluding tert-OH is 1. The predicted octanol–water partition coefficient (Wildman–Crippen LogP) is 12.7. The maximum atomic E-state index is 12.7. The quantitative estimate of drug-likeness (QED) is 0.0504. The Hall–Kier alpha value is -1.14. The van der Waals surface area contributed by atoms with E-state index in [0.717, 1.165) is 122 Å². The van der Waals surface area contributed by atoms with Gasteiger partial charge in [0.25, 0.3) is 0 Å². The molecule has 0 saturated carbocycles. The highest BCUT2D eigenvalue weighted by atomic mass is 16.5. The van der Waals surface area contributed by atoms with Crippen LogP contribution in [0.3, 0.4) is 0 Å². The molecule has 298 valence electrons. The van der Waals surface area contributed by atoms with E-state index < -0.39 is 0 Å². The van der Waals surface area contributed by atoms with Crippen molar-refractivity contribution in [3.63, 3.8) is 0 Å². The largest absolute Gasteiger partial charge is 0.462 e. The highest BCUT2D eigenvalue weighted by Crippen LogP contribution is 2.19. The first-order chi connectivity index (χ1) is 24.5. The standard InChI is InChI=1S/C44H87NO5/c1-5-9-13-15-19-25-33-42(34-26-20-16-14-10-6-2)50-44(48)36-28-22-18-24-30-38-45(39-40-46)37-29-23-17-21-27-35-43(47)49-41(31-11-7-3)32-12-8-4/h41-42,46H,5-40H2,1-4H3. The minimum Gasteiger partial charge on any atom is -0.462 e. The zero-order valence-electron chi connectivity index (χ0n) is 34.1. The lowest BCUT2D eigenvalue weighted by Crippen LogP contribution is -2.29. The Morgan fingerprint density at radius 3 is 1.12 bits per heavy atom. The summed E-state index contributed by atoms with van der Waals surface area (Å²) in [6.07, 6.45) is 36.3. The molecule has 0 atom stereocenters. The lowest BCUT2D eigenvalue weighted by molar-refractivity contribution is -0.151. The Kier molecular flexibility index (Phi) is 38.2. The predicted molar refractivity (Wildman–Crippen MR) is 214 cm³/mol. The molecule has 6 heteroatoms. The van der Waals surface area contributed by atoms with Gasteiger partial charge in [0.1, 0.15) is 12.2 Å². The van der Waals surface area contributed by atoms with Gasteiger partial charge in [0, 0.05) is 19.4 Å². The van der Waals surface area contributed by atoms with Gasteiger partial charge in [0.2, 0.25) is 0 Å². The Morgan fingerprint density at radius 1 is 0.420 bits per heavy atom. The Bertz CT molecular complexity index is 693. The highest BCUT2D eigenvalue weighted by Gasteiger charge is 2.15. The van der Waals surface area contributed by atoms with Gasteiger partial charge in [0.15, 0.2) is 0 Å². The lowest BCUT2D eigenvalue weighted by Gasteiger charge is -2.21. The van der Waals surface area contributed by atoms with Crippen molar-refractivity contribution < 1.29 is 24.2 Å². The minimum absolute atomic E-state index is 0.0116. The van der Waals surface area contributed by atoms with Crippen LogP contribution in [0.1, 0.15) is 233 Å². The molecular formula is C44H87NO5. The minimum atomic E-state index is -0.0116. The molecule has 0 unspecified atom stereocenters. The number of rotatable bonds is 40. The molecule has 0 heterocycles. The highest BCUT2D eigenvalue weighted by molar-refractivity contribution is 5.69. The third-order valence-corrected chi connectivity index (χ3v) is 10.2. The van der Waals surface area contributed by atoms with Crippen molar-refractivity contribution in [2.24, 2.45) is 0 Å². The fraction of sp³-hybridized carbons (Fsp3) is 0.955. The monoisotopic (exact) mass is 710 g/mol. The summed E-state index contributed by atoms with van der Waals surface area (Å²) in [6.45, 7) is 11.9. The maximum absolute atomic E-state index is 12.7. The topological polar surface area (TPSA) is 76.1 Å². The summed E-state index contributed by atoms with van der Waals surface area (Å²) < 4.78 is 11.8. The second kappa shape index (κ2) is 39.1. The van der Waals surface area contributed by atoms with E-state index in [9.17, 15) is 14.7 Å². The lowest BCUT2D eigenvalue weighted by atomic mass is 10.0. The summed E-state index contributed by atoms with van der Waals surface area (Å²) in [7, 11) is 0. The molecule has 0 spiro atoms. The average Bonchev–Trinajstić information content (AvgIpc) is 3.11. The Labute approximate surface area is 312 Å². The SMILES string of the molecule is CCCCCCCCC(CCCCCCCC)OC(=O)CCCCCCCN(CCO)CCCCCCCC(=O)OC(CCCC)CCCC. The van der Waals surface area contributed by atoms with Crippen LogP contribution in [0.2, 0.25) is 0 Å². The van der Waals surface area contributed by atoms with Crippen LogP contribution in [-0.4, -0.2) is 60.4 Å². The van der Waals surface area contributed by atoms with Crippen LogP contribution in [-0.2, 0) is 19.1 Å². The van der Waals surface area contributed by atoms with Gasteiger partial charge >= 0.3 is 11.9 Å². The first-order valence-electron chi connectivity index (χ1n) is 22.2. The van der Waals surface area contributed by atoms with Crippen molar-refractivity contribution in [2.45, 2.75) is 245 Å². The van der Waals surface area contributed by atoms with Crippen molar-refractivity contribution in [1.29, 1.82) is 0 Å². The normalized spacial score (nSPS) is 11.7. The molecule has 0 aliphatic rings. The second-order valence-electron chi connectivity index (χ2n) is 15.2. The Morgan fingerprint density at radius 2 is 0.740 bits per heavy atom. The molecule has 0 aromatic rings. The number of carbonyl (C=O) groups excluding carboxylic acids is 2. The van der Waals surface area contributed by atoms with Crippen LogP contribution < -0.4 is 0 Å². The van der Waals surface area contributed by atoms with Gasteiger partial charge in [-0.15, -0.1) is 0 Å². The summed E-state index contributed by atoms with van der Waals surface area (Å²) in [5.74, 6) is 0.00183. The van der Waals surface area contributed by atoms with E-state index in [1.165, 1.54) is 89.9 Å². The first-order valence-corrected chi connectivity index (χ1v) is 22.2. The zero-order chi connectivity index (χ0) is 36.8. The molecule has 0 rings (SSSR count). The smallest absolute Gasteiger partial charge is 0.306 e. The van der Waals surface area contributed by atoms with Crippen LogP contribution in [0.15, 0.2) is 0 Å². The van der Waals surface area contributed by atoms with Gasteiger partial charge in [-0.05, 0) is 77.3 Å². The number of esters is 2. The van der Waals surface area contributed by atoms with Gasteiger partial charge in [-0.3, -0.25) is 9.59 Å². The summed E-state index contributed by atoms with van der Waals surface area (Å²) in [5.41, 5.74) is 0.